The maximum atomic E-state index is 10.0. The van der Waals surface area contributed by atoms with Crippen molar-refractivity contribution in [2.75, 3.05) is 19.4 Å². The summed E-state index contributed by atoms with van der Waals surface area (Å²) in [5.41, 5.74) is 4.89. The highest BCUT2D eigenvalue weighted by Gasteiger charge is 2.21. The summed E-state index contributed by atoms with van der Waals surface area (Å²) in [4.78, 5) is 1.23. The largest absolute Gasteiger partial charge is 0.497 e. The van der Waals surface area contributed by atoms with Gasteiger partial charge in [-0.05, 0) is 49.3 Å². The van der Waals surface area contributed by atoms with Crippen molar-refractivity contribution in [2.24, 2.45) is 5.73 Å². The van der Waals surface area contributed by atoms with E-state index in [0.717, 1.165) is 30.8 Å². The first-order chi connectivity index (χ1) is 8.63. The Bertz CT molecular complexity index is 336. The van der Waals surface area contributed by atoms with Gasteiger partial charge in [0, 0.05) is 11.4 Å². The van der Waals surface area contributed by atoms with Crippen LogP contribution in [0.15, 0.2) is 29.2 Å². The van der Waals surface area contributed by atoms with Crippen molar-refractivity contribution < 1.29 is 9.84 Å². The summed E-state index contributed by atoms with van der Waals surface area (Å²) in [6.45, 7) is 2.32. The molecular weight excluding hydrogens is 246 g/mol. The SMILES string of the molecule is CCC(O)(CN)CCCSc1ccc(OC)cc1. The first kappa shape index (κ1) is 15.3. The van der Waals surface area contributed by atoms with Crippen molar-refractivity contribution in [3.8, 4) is 5.75 Å². The van der Waals surface area contributed by atoms with E-state index in [9.17, 15) is 5.11 Å². The van der Waals surface area contributed by atoms with Crippen molar-refractivity contribution in [3.05, 3.63) is 24.3 Å². The van der Waals surface area contributed by atoms with Gasteiger partial charge >= 0.3 is 0 Å². The molecule has 0 radical (unpaired) electrons. The van der Waals surface area contributed by atoms with E-state index in [0.29, 0.717) is 6.54 Å². The van der Waals surface area contributed by atoms with E-state index in [4.69, 9.17) is 10.5 Å². The van der Waals surface area contributed by atoms with E-state index in [-0.39, 0.29) is 0 Å². The topological polar surface area (TPSA) is 55.5 Å². The van der Waals surface area contributed by atoms with Gasteiger partial charge < -0.3 is 15.6 Å². The fourth-order valence-corrected chi connectivity index (χ4v) is 2.54. The molecule has 3 nitrogen and oxygen atoms in total. The minimum atomic E-state index is -0.680. The monoisotopic (exact) mass is 269 g/mol. The van der Waals surface area contributed by atoms with Crippen LogP contribution in [0.1, 0.15) is 26.2 Å². The summed E-state index contributed by atoms with van der Waals surface area (Å²) in [5.74, 6) is 1.87. The summed E-state index contributed by atoms with van der Waals surface area (Å²) >= 11 is 1.79. The third-order valence-electron chi connectivity index (χ3n) is 3.15. The van der Waals surface area contributed by atoms with Crippen molar-refractivity contribution in [3.63, 3.8) is 0 Å². The molecule has 102 valence electrons. The van der Waals surface area contributed by atoms with Crippen LogP contribution in [0.3, 0.4) is 0 Å². The van der Waals surface area contributed by atoms with Gasteiger partial charge in [-0.2, -0.15) is 0 Å². The zero-order valence-electron chi connectivity index (χ0n) is 11.2. The van der Waals surface area contributed by atoms with Gasteiger partial charge in [0.15, 0.2) is 0 Å². The third-order valence-corrected chi connectivity index (χ3v) is 4.25. The number of nitrogens with two attached hydrogens (primary N) is 1. The fourth-order valence-electron chi connectivity index (χ4n) is 1.69. The summed E-state index contributed by atoms with van der Waals surface area (Å²) in [7, 11) is 1.67. The third kappa shape index (κ3) is 4.88. The van der Waals surface area contributed by atoms with Gasteiger partial charge in [0.05, 0.1) is 12.7 Å². The summed E-state index contributed by atoms with van der Waals surface area (Å²) in [6, 6.07) is 8.03. The summed E-state index contributed by atoms with van der Waals surface area (Å²) in [5, 5.41) is 10.0. The number of hydrogen-bond donors (Lipinski definition) is 2. The zero-order chi connectivity index (χ0) is 13.4. The molecule has 0 aliphatic heterocycles. The minimum absolute atomic E-state index is 0.344. The van der Waals surface area contributed by atoms with Crippen LogP contribution >= 0.6 is 11.8 Å². The average molecular weight is 269 g/mol. The second-order valence-corrected chi connectivity index (χ2v) is 5.58. The van der Waals surface area contributed by atoms with Crippen molar-refractivity contribution in [1.82, 2.24) is 0 Å². The maximum absolute atomic E-state index is 10.0. The Hall–Kier alpha value is -0.710. The number of aliphatic hydroxyl groups is 1. The molecule has 0 amide bonds. The quantitative estimate of drug-likeness (QED) is 0.563. The first-order valence-electron chi connectivity index (χ1n) is 6.33. The lowest BCUT2D eigenvalue weighted by atomic mass is 9.95. The molecule has 18 heavy (non-hydrogen) atoms. The molecule has 0 aromatic heterocycles. The fraction of sp³-hybridized carbons (Fsp3) is 0.571. The number of ether oxygens (including phenoxy) is 1. The molecular formula is C14H23NO2S. The Morgan fingerprint density at radius 1 is 1.33 bits per heavy atom. The van der Waals surface area contributed by atoms with Gasteiger partial charge in [0.1, 0.15) is 5.75 Å². The predicted molar refractivity (Wildman–Crippen MR) is 77.2 cm³/mol. The molecule has 0 bridgehead atoms. The van der Waals surface area contributed by atoms with Crippen molar-refractivity contribution in [2.45, 2.75) is 36.7 Å². The Morgan fingerprint density at radius 2 is 2.00 bits per heavy atom. The molecule has 1 aromatic carbocycles. The Kier molecular flexibility index (Phi) is 6.54. The van der Waals surface area contributed by atoms with E-state index in [1.807, 2.05) is 19.1 Å². The molecule has 1 rings (SSSR count). The number of rotatable bonds is 8. The van der Waals surface area contributed by atoms with E-state index in [1.165, 1.54) is 4.90 Å². The minimum Gasteiger partial charge on any atom is -0.497 e. The molecule has 1 atom stereocenters. The molecule has 0 aliphatic rings. The smallest absolute Gasteiger partial charge is 0.118 e. The van der Waals surface area contributed by atoms with Gasteiger partial charge in [-0.25, -0.2) is 0 Å². The lowest BCUT2D eigenvalue weighted by molar-refractivity contribution is 0.0360. The molecule has 1 aromatic rings. The van der Waals surface area contributed by atoms with Gasteiger partial charge in [-0.3, -0.25) is 0 Å². The van der Waals surface area contributed by atoms with Crippen molar-refractivity contribution in [1.29, 1.82) is 0 Å². The highest BCUT2D eigenvalue weighted by Crippen LogP contribution is 2.24. The number of benzene rings is 1. The van der Waals surface area contributed by atoms with Crippen LogP contribution in [0.5, 0.6) is 5.75 Å². The van der Waals surface area contributed by atoms with Gasteiger partial charge in [0.25, 0.3) is 0 Å². The van der Waals surface area contributed by atoms with Crippen LogP contribution < -0.4 is 10.5 Å². The molecule has 0 aliphatic carbocycles. The van der Waals surface area contributed by atoms with Crippen LogP contribution in [0.4, 0.5) is 0 Å². The van der Waals surface area contributed by atoms with E-state index in [1.54, 1.807) is 18.9 Å². The molecule has 4 heteroatoms. The van der Waals surface area contributed by atoms with E-state index >= 15 is 0 Å². The first-order valence-corrected chi connectivity index (χ1v) is 7.31. The van der Waals surface area contributed by atoms with Crippen LogP contribution in [0.2, 0.25) is 0 Å². The Morgan fingerprint density at radius 3 is 2.50 bits per heavy atom. The normalized spacial score (nSPS) is 14.2. The molecule has 1 unspecified atom stereocenters. The van der Waals surface area contributed by atoms with Gasteiger partial charge in [-0.1, -0.05) is 6.92 Å². The maximum Gasteiger partial charge on any atom is 0.118 e. The zero-order valence-corrected chi connectivity index (χ0v) is 12.0. The van der Waals surface area contributed by atoms with Crippen LogP contribution in [-0.4, -0.2) is 30.1 Å². The van der Waals surface area contributed by atoms with Crippen LogP contribution in [0, 0.1) is 0 Å². The second kappa shape index (κ2) is 7.67. The summed E-state index contributed by atoms with van der Waals surface area (Å²) in [6.07, 6.45) is 2.46. The highest BCUT2D eigenvalue weighted by atomic mass is 32.2. The molecule has 3 N–H and O–H groups in total. The second-order valence-electron chi connectivity index (χ2n) is 4.41. The molecule has 0 spiro atoms. The Labute approximate surface area is 114 Å². The average Bonchev–Trinajstić information content (AvgIpc) is 2.44. The number of thioether (sulfide) groups is 1. The van der Waals surface area contributed by atoms with E-state index in [2.05, 4.69) is 12.1 Å². The van der Waals surface area contributed by atoms with Gasteiger partial charge in [0.2, 0.25) is 0 Å². The lowest BCUT2D eigenvalue weighted by Gasteiger charge is -2.24. The van der Waals surface area contributed by atoms with E-state index < -0.39 is 5.60 Å². The number of methoxy groups -OCH3 is 1. The molecule has 0 saturated heterocycles. The predicted octanol–water partition coefficient (Wildman–Crippen LogP) is 2.67. The molecule has 0 saturated carbocycles. The highest BCUT2D eigenvalue weighted by molar-refractivity contribution is 7.99. The number of hydrogen-bond acceptors (Lipinski definition) is 4. The van der Waals surface area contributed by atoms with Crippen molar-refractivity contribution >= 4 is 11.8 Å². The Balaban J connectivity index is 2.29. The lowest BCUT2D eigenvalue weighted by Crippen LogP contribution is -2.36. The van der Waals surface area contributed by atoms with Crippen LogP contribution in [0.25, 0.3) is 0 Å². The standard InChI is InChI=1S/C14H23NO2S/c1-3-14(16,11-15)9-4-10-18-13-7-5-12(17-2)6-8-13/h5-8,16H,3-4,9-11,15H2,1-2H3. The molecule has 0 fully saturated rings. The van der Waals surface area contributed by atoms with Gasteiger partial charge in [-0.15, -0.1) is 11.8 Å². The van der Waals surface area contributed by atoms with Crippen LogP contribution in [-0.2, 0) is 0 Å². The summed E-state index contributed by atoms with van der Waals surface area (Å²) < 4.78 is 5.11. The molecule has 0 heterocycles.